The highest BCUT2D eigenvalue weighted by Gasteiger charge is 2.20. The average molecular weight is 318 g/mol. The third-order valence-corrected chi connectivity index (χ3v) is 3.35. The molecule has 1 heterocycles. The first-order chi connectivity index (χ1) is 10.8. The zero-order chi connectivity index (χ0) is 17.3. The Balaban J connectivity index is 2.54. The normalized spacial score (nSPS) is 10.3. The second-order valence-electron chi connectivity index (χ2n) is 4.77. The van der Waals surface area contributed by atoms with Crippen molar-refractivity contribution < 1.29 is 14.7 Å². The van der Waals surface area contributed by atoms with Crippen LogP contribution in [0.2, 0.25) is 0 Å². The van der Waals surface area contributed by atoms with E-state index in [1.807, 2.05) is 0 Å². The Morgan fingerprint density at radius 2 is 1.65 bits per heavy atom. The van der Waals surface area contributed by atoms with Gasteiger partial charge in [0, 0.05) is 14.1 Å². The number of nitrogen functional groups attached to an aromatic ring is 1. The van der Waals surface area contributed by atoms with Gasteiger partial charge < -0.3 is 16.2 Å². The summed E-state index contributed by atoms with van der Waals surface area (Å²) in [6.45, 7) is 0. The molecule has 0 fully saturated rings. The average Bonchev–Trinajstić information content (AvgIpc) is 2.54. The van der Waals surface area contributed by atoms with Crippen molar-refractivity contribution in [2.24, 2.45) is 14.1 Å². The minimum absolute atomic E-state index is 0.129. The number of carbonyl (C=O) groups excluding carboxylic acids is 1. The van der Waals surface area contributed by atoms with Gasteiger partial charge in [0.25, 0.3) is 11.5 Å². The number of amides is 1. The number of aromatic nitrogens is 2. The van der Waals surface area contributed by atoms with Crippen molar-refractivity contribution in [3.05, 3.63) is 56.2 Å². The molecule has 23 heavy (non-hydrogen) atoms. The van der Waals surface area contributed by atoms with E-state index in [1.54, 1.807) is 0 Å². The summed E-state index contributed by atoms with van der Waals surface area (Å²) in [5.74, 6) is -2.32. The lowest BCUT2D eigenvalue weighted by atomic mass is 10.1. The molecule has 0 aliphatic heterocycles. The Morgan fingerprint density at radius 1 is 1.09 bits per heavy atom. The third kappa shape index (κ3) is 2.71. The standard InChI is InChI=1S/C14H14N4O5/c1-17-10(15)9(12(20)18(2)14(17)23)16-11(19)7-5-3-4-6-8(7)13(21)22/h3-6H,15H2,1-2H3,(H,16,19)(H,21,22). The molecule has 0 saturated heterocycles. The van der Waals surface area contributed by atoms with E-state index >= 15 is 0 Å². The van der Waals surface area contributed by atoms with Crippen LogP contribution in [0.15, 0.2) is 33.9 Å². The van der Waals surface area contributed by atoms with Gasteiger partial charge in [-0.2, -0.15) is 0 Å². The van der Waals surface area contributed by atoms with Gasteiger partial charge in [-0.3, -0.25) is 18.7 Å². The van der Waals surface area contributed by atoms with Gasteiger partial charge in [-0.25, -0.2) is 9.59 Å². The first-order valence-corrected chi connectivity index (χ1v) is 6.44. The minimum atomic E-state index is -1.28. The lowest BCUT2D eigenvalue weighted by Crippen LogP contribution is -2.40. The number of benzene rings is 1. The number of rotatable bonds is 3. The van der Waals surface area contributed by atoms with Crippen molar-refractivity contribution >= 4 is 23.4 Å². The van der Waals surface area contributed by atoms with Gasteiger partial charge in [0.1, 0.15) is 11.5 Å². The SMILES string of the molecule is Cn1c(N)c(NC(=O)c2ccccc2C(=O)O)c(=O)n(C)c1=O. The highest BCUT2D eigenvalue weighted by Crippen LogP contribution is 2.14. The fraction of sp³-hybridized carbons (Fsp3) is 0.143. The van der Waals surface area contributed by atoms with Crippen molar-refractivity contribution in [2.75, 3.05) is 11.1 Å². The summed E-state index contributed by atoms with van der Waals surface area (Å²) in [5.41, 5.74) is 3.63. The first-order valence-electron chi connectivity index (χ1n) is 6.44. The summed E-state index contributed by atoms with van der Waals surface area (Å²) >= 11 is 0. The van der Waals surface area contributed by atoms with Gasteiger partial charge in [-0.05, 0) is 12.1 Å². The summed E-state index contributed by atoms with van der Waals surface area (Å²) in [5, 5.41) is 11.4. The molecule has 0 aliphatic rings. The van der Waals surface area contributed by atoms with E-state index in [9.17, 15) is 19.2 Å². The molecule has 0 saturated carbocycles. The molecule has 0 radical (unpaired) electrons. The monoisotopic (exact) mass is 318 g/mol. The number of hydrogen-bond donors (Lipinski definition) is 3. The van der Waals surface area contributed by atoms with Crippen LogP contribution in [-0.2, 0) is 14.1 Å². The van der Waals surface area contributed by atoms with Crippen molar-refractivity contribution in [2.45, 2.75) is 0 Å². The molecule has 0 bridgehead atoms. The van der Waals surface area contributed by atoms with Crippen molar-refractivity contribution in [1.29, 1.82) is 0 Å². The number of nitrogens with one attached hydrogen (secondary N) is 1. The molecule has 120 valence electrons. The minimum Gasteiger partial charge on any atom is -0.478 e. The van der Waals surface area contributed by atoms with Crippen LogP contribution < -0.4 is 22.3 Å². The highest BCUT2D eigenvalue weighted by molar-refractivity contribution is 6.11. The van der Waals surface area contributed by atoms with Gasteiger partial charge in [0.05, 0.1) is 11.1 Å². The largest absolute Gasteiger partial charge is 0.478 e. The quantitative estimate of drug-likeness (QED) is 0.705. The van der Waals surface area contributed by atoms with Gasteiger partial charge in [0.2, 0.25) is 0 Å². The molecule has 0 spiro atoms. The van der Waals surface area contributed by atoms with Crippen LogP contribution in [-0.4, -0.2) is 26.1 Å². The molecule has 4 N–H and O–H groups in total. The van der Waals surface area contributed by atoms with Gasteiger partial charge in [-0.15, -0.1) is 0 Å². The molecule has 0 atom stereocenters. The molecule has 9 nitrogen and oxygen atoms in total. The van der Waals surface area contributed by atoms with E-state index in [4.69, 9.17) is 10.8 Å². The lowest BCUT2D eigenvalue weighted by molar-refractivity contribution is 0.0692. The van der Waals surface area contributed by atoms with Crippen molar-refractivity contribution in [3.8, 4) is 0 Å². The zero-order valence-electron chi connectivity index (χ0n) is 12.4. The molecular weight excluding hydrogens is 304 g/mol. The maximum absolute atomic E-state index is 12.3. The Labute approximate surface area is 129 Å². The maximum Gasteiger partial charge on any atom is 0.336 e. The molecule has 0 aliphatic carbocycles. The summed E-state index contributed by atoms with van der Waals surface area (Å²) in [6, 6.07) is 5.53. The fourth-order valence-electron chi connectivity index (χ4n) is 2.03. The Morgan fingerprint density at radius 3 is 2.22 bits per heavy atom. The maximum atomic E-state index is 12.3. The number of carbonyl (C=O) groups is 2. The van der Waals surface area contributed by atoms with Crippen LogP contribution in [0.3, 0.4) is 0 Å². The fourth-order valence-corrected chi connectivity index (χ4v) is 2.03. The van der Waals surface area contributed by atoms with Crippen LogP contribution in [0.4, 0.5) is 11.5 Å². The zero-order valence-corrected chi connectivity index (χ0v) is 12.4. The number of nitrogens with zero attached hydrogens (tertiary/aromatic N) is 2. The number of nitrogens with two attached hydrogens (primary N) is 1. The predicted octanol–water partition coefficient (Wildman–Crippen LogP) is -0.383. The van der Waals surface area contributed by atoms with E-state index in [0.29, 0.717) is 0 Å². The summed E-state index contributed by atoms with van der Waals surface area (Å²) in [6.07, 6.45) is 0. The topological polar surface area (TPSA) is 136 Å². The molecule has 1 aromatic carbocycles. The summed E-state index contributed by atoms with van der Waals surface area (Å²) < 4.78 is 1.79. The van der Waals surface area contributed by atoms with Crippen LogP contribution in [0.1, 0.15) is 20.7 Å². The van der Waals surface area contributed by atoms with Gasteiger partial charge >= 0.3 is 11.7 Å². The van der Waals surface area contributed by atoms with Crippen LogP contribution >= 0.6 is 0 Å². The molecule has 2 aromatic rings. The Hall–Kier alpha value is -3.36. The molecular formula is C14H14N4O5. The number of carboxylic acids is 1. The van der Waals surface area contributed by atoms with Crippen LogP contribution in [0, 0.1) is 0 Å². The summed E-state index contributed by atoms with van der Waals surface area (Å²) in [7, 11) is 2.59. The lowest BCUT2D eigenvalue weighted by Gasteiger charge is -2.13. The molecule has 1 amide bonds. The number of anilines is 2. The predicted molar refractivity (Wildman–Crippen MR) is 82.7 cm³/mol. The van der Waals surface area contributed by atoms with Gasteiger partial charge in [-0.1, -0.05) is 12.1 Å². The molecule has 1 aromatic heterocycles. The molecule has 2 rings (SSSR count). The Bertz CT molecular complexity index is 926. The van der Waals surface area contributed by atoms with Crippen LogP contribution in [0.25, 0.3) is 0 Å². The van der Waals surface area contributed by atoms with E-state index in [-0.39, 0.29) is 22.6 Å². The van der Waals surface area contributed by atoms with Gasteiger partial charge in [0.15, 0.2) is 0 Å². The smallest absolute Gasteiger partial charge is 0.336 e. The summed E-state index contributed by atoms with van der Waals surface area (Å²) in [4.78, 5) is 47.2. The Kier molecular flexibility index (Phi) is 4.04. The number of carboxylic acid groups (broad SMARTS) is 1. The third-order valence-electron chi connectivity index (χ3n) is 3.35. The second kappa shape index (κ2) is 5.79. The van der Waals surface area contributed by atoms with Crippen LogP contribution in [0.5, 0.6) is 0 Å². The van der Waals surface area contributed by atoms with Crippen molar-refractivity contribution in [3.63, 3.8) is 0 Å². The van der Waals surface area contributed by atoms with E-state index < -0.39 is 23.1 Å². The van der Waals surface area contributed by atoms with E-state index in [0.717, 1.165) is 9.13 Å². The van der Waals surface area contributed by atoms with Crippen molar-refractivity contribution in [1.82, 2.24) is 9.13 Å². The number of hydrogen-bond acceptors (Lipinski definition) is 5. The second-order valence-corrected chi connectivity index (χ2v) is 4.77. The molecule has 9 heteroatoms. The van der Waals surface area contributed by atoms with E-state index in [1.165, 1.54) is 38.4 Å². The highest BCUT2D eigenvalue weighted by atomic mass is 16.4. The first kappa shape index (κ1) is 16.0. The number of aromatic carboxylic acids is 1. The van der Waals surface area contributed by atoms with E-state index in [2.05, 4.69) is 5.32 Å². The molecule has 0 unspecified atom stereocenters.